The van der Waals surface area contributed by atoms with E-state index in [-0.39, 0.29) is 24.9 Å². The number of thiocarbonyl (C=S) groups is 1. The zero-order chi connectivity index (χ0) is 9.98. The fraction of sp³-hybridized carbons (Fsp3) is 0.500. The minimum absolute atomic E-state index is 0.000000000000000222. The van der Waals surface area contributed by atoms with Gasteiger partial charge in [0.2, 0.25) is 0 Å². The van der Waals surface area contributed by atoms with Crippen LogP contribution in [-0.2, 0) is 0 Å². The van der Waals surface area contributed by atoms with Crippen molar-refractivity contribution in [1.82, 2.24) is 0 Å². The number of aliphatic hydroxyl groups excluding tert-OH is 3. The van der Waals surface area contributed by atoms with E-state index in [0.29, 0.717) is 5.57 Å². The molecule has 0 atom stereocenters. The maximum absolute atomic E-state index is 8.32. The molecule has 0 unspecified atom stereocenters. The molecule has 0 aromatic rings. The predicted molar refractivity (Wildman–Crippen MR) is 50.3 cm³/mol. The second-order valence-corrected chi connectivity index (χ2v) is 2.23. The molecule has 0 saturated carbocycles. The van der Waals surface area contributed by atoms with Crippen LogP contribution in [0.15, 0.2) is 11.6 Å². The van der Waals surface area contributed by atoms with Crippen LogP contribution in [0.25, 0.3) is 0 Å². The summed E-state index contributed by atoms with van der Waals surface area (Å²) in [6, 6.07) is 0. The van der Waals surface area contributed by atoms with E-state index >= 15 is 0 Å². The van der Waals surface area contributed by atoms with Crippen LogP contribution in [0.5, 0.6) is 0 Å². The van der Waals surface area contributed by atoms with Crippen molar-refractivity contribution < 1.29 is 15.3 Å². The third kappa shape index (κ3) is 16.1. The predicted octanol–water partition coefficient (Wildman–Crippen LogP) is -1.92. The lowest BCUT2D eigenvalue weighted by Gasteiger charge is -1.94. The molecule has 6 heteroatoms. The molecule has 0 rings (SSSR count). The first kappa shape index (κ1) is 13.9. The quantitative estimate of drug-likeness (QED) is 0.264. The van der Waals surface area contributed by atoms with E-state index in [1.165, 1.54) is 6.08 Å². The first-order valence-electron chi connectivity index (χ1n) is 3.13. The highest BCUT2D eigenvalue weighted by atomic mass is 32.1. The van der Waals surface area contributed by atoms with Crippen molar-refractivity contribution in [2.75, 3.05) is 19.8 Å². The molecule has 0 aromatic heterocycles. The van der Waals surface area contributed by atoms with Gasteiger partial charge in [-0.15, -0.1) is 0 Å². The van der Waals surface area contributed by atoms with Gasteiger partial charge in [0.25, 0.3) is 0 Å². The molecule has 0 heterocycles. The third-order valence-corrected chi connectivity index (χ3v) is 0.786. The third-order valence-electron chi connectivity index (χ3n) is 0.786. The van der Waals surface area contributed by atoms with Crippen molar-refractivity contribution >= 4 is 17.3 Å². The van der Waals surface area contributed by atoms with Crippen molar-refractivity contribution in [3.63, 3.8) is 0 Å². The van der Waals surface area contributed by atoms with E-state index in [1.807, 2.05) is 0 Å². The standard InChI is InChI=1S/C5H10O3.CH4N2S/c6-2-1-5(3-7)4-8;2-1(3)4/h1,6-8H,2-4H2;(H4,2,3,4). The lowest BCUT2D eigenvalue weighted by molar-refractivity contribution is 0.271. The lowest BCUT2D eigenvalue weighted by atomic mass is 10.3. The molecule has 0 aliphatic rings. The van der Waals surface area contributed by atoms with Gasteiger partial charge >= 0.3 is 0 Å². The van der Waals surface area contributed by atoms with Crippen molar-refractivity contribution in [2.45, 2.75) is 0 Å². The molecule has 0 saturated heterocycles. The van der Waals surface area contributed by atoms with Gasteiger partial charge in [-0.3, -0.25) is 0 Å². The zero-order valence-corrected chi connectivity index (χ0v) is 7.42. The van der Waals surface area contributed by atoms with Crippen LogP contribution in [0.3, 0.4) is 0 Å². The fourth-order valence-corrected chi connectivity index (χ4v) is 0.308. The van der Waals surface area contributed by atoms with E-state index in [9.17, 15) is 0 Å². The maximum atomic E-state index is 8.32. The van der Waals surface area contributed by atoms with Gasteiger partial charge in [-0.25, -0.2) is 0 Å². The van der Waals surface area contributed by atoms with Crippen molar-refractivity contribution in [1.29, 1.82) is 0 Å². The number of hydrogen-bond donors (Lipinski definition) is 5. The summed E-state index contributed by atoms with van der Waals surface area (Å²) in [5, 5.41) is 24.8. The molecule has 0 fully saturated rings. The van der Waals surface area contributed by atoms with Crippen LogP contribution in [0, 0.1) is 0 Å². The first-order valence-corrected chi connectivity index (χ1v) is 3.54. The molecule has 0 amide bonds. The molecular weight excluding hydrogens is 180 g/mol. The molecule has 0 aliphatic heterocycles. The Kier molecular flexibility index (Phi) is 11.9. The van der Waals surface area contributed by atoms with E-state index in [2.05, 4.69) is 23.7 Å². The molecule has 72 valence electrons. The summed E-state index contributed by atoms with van der Waals surface area (Å²) >= 11 is 4.09. The molecule has 12 heavy (non-hydrogen) atoms. The first-order chi connectivity index (χ1) is 5.58. The number of hydrogen-bond acceptors (Lipinski definition) is 4. The number of nitrogens with two attached hydrogens (primary N) is 2. The molecule has 0 aromatic carbocycles. The highest BCUT2D eigenvalue weighted by Gasteiger charge is 1.87. The smallest absolute Gasteiger partial charge is 0.160 e. The normalized spacial score (nSPS) is 7.92. The molecule has 5 nitrogen and oxygen atoms in total. The SMILES string of the molecule is NC(N)=S.OCC=C(CO)CO. The van der Waals surface area contributed by atoms with Crippen molar-refractivity contribution in [2.24, 2.45) is 11.5 Å². The van der Waals surface area contributed by atoms with E-state index < -0.39 is 0 Å². The van der Waals surface area contributed by atoms with Gasteiger partial charge in [0, 0.05) is 0 Å². The van der Waals surface area contributed by atoms with Crippen LogP contribution >= 0.6 is 12.2 Å². The molecular formula is C6H14N2O3S. The average molecular weight is 194 g/mol. The van der Waals surface area contributed by atoms with Crippen LogP contribution in [0.2, 0.25) is 0 Å². The highest BCUT2D eigenvalue weighted by Crippen LogP contribution is 1.87. The Labute approximate surface area is 76.3 Å². The topological polar surface area (TPSA) is 113 Å². The Morgan fingerprint density at radius 2 is 1.50 bits per heavy atom. The monoisotopic (exact) mass is 194 g/mol. The molecule has 7 N–H and O–H groups in total. The largest absolute Gasteiger partial charge is 0.392 e. The summed E-state index contributed by atoms with van der Waals surface area (Å²) in [7, 11) is 0. The summed E-state index contributed by atoms with van der Waals surface area (Å²) < 4.78 is 0. The van der Waals surface area contributed by atoms with Crippen LogP contribution in [0.4, 0.5) is 0 Å². The minimum atomic E-state index is -0.183. The minimum Gasteiger partial charge on any atom is -0.392 e. The zero-order valence-electron chi connectivity index (χ0n) is 6.60. The Balaban J connectivity index is 0. The van der Waals surface area contributed by atoms with Gasteiger partial charge in [0.15, 0.2) is 5.11 Å². The molecule has 0 spiro atoms. The average Bonchev–Trinajstić information content (AvgIpc) is 1.99. The summed E-state index contributed by atoms with van der Waals surface area (Å²) in [5.41, 5.74) is 9.69. The second kappa shape index (κ2) is 10.3. The van der Waals surface area contributed by atoms with Crippen molar-refractivity contribution in [3.05, 3.63) is 11.6 Å². The molecule has 0 radical (unpaired) electrons. The Bertz CT molecular complexity index is 140. The van der Waals surface area contributed by atoms with Gasteiger partial charge in [-0.05, 0) is 17.8 Å². The van der Waals surface area contributed by atoms with Gasteiger partial charge in [0.1, 0.15) is 0 Å². The number of aliphatic hydroxyl groups is 3. The second-order valence-electron chi connectivity index (χ2n) is 1.76. The summed E-state index contributed by atoms with van der Waals surface area (Å²) in [4.78, 5) is 0. The molecule has 0 aliphatic carbocycles. The fourth-order valence-electron chi connectivity index (χ4n) is 0.308. The summed E-state index contributed by atoms with van der Waals surface area (Å²) in [6.45, 7) is -0.495. The number of rotatable bonds is 3. The van der Waals surface area contributed by atoms with Gasteiger partial charge in [-0.1, -0.05) is 6.08 Å². The lowest BCUT2D eigenvalue weighted by Crippen LogP contribution is -2.18. The van der Waals surface area contributed by atoms with Crippen LogP contribution < -0.4 is 11.5 Å². The Hall–Kier alpha value is -0.690. The van der Waals surface area contributed by atoms with Crippen LogP contribution in [-0.4, -0.2) is 40.3 Å². The Morgan fingerprint density at radius 1 is 1.17 bits per heavy atom. The van der Waals surface area contributed by atoms with Gasteiger partial charge in [0.05, 0.1) is 19.8 Å². The molecule has 0 bridgehead atoms. The van der Waals surface area contributed by atoms with Crippen molar-refractivity contribution in [3.8, 4) is 0 Å². The maximum Gasteiger partial charge on any atom is 0.160 e. The van der Waals surface area contributed by atoms with E-state index in [1.54, 1.807) is 0 Å². The van der Waals surface area contributed by atoms with Crippen LogP contribution in [0.1, 0.15) is 0 Å². The van der Waals surface area contributed by atoms with E-state index in [4.69, 9.17) is 15.3 Å². The summed E-state index contributed by atoms with van der Waals surface area (Å²) in [5.74, 6) is 0. The van der Waals surface area contributed by atoms with E-state index in [0.717, 1.165) is 0 Å². The van der Waals surface area contributed by atoms with Gasteiger partial charge in [-0.2, -0.15) is 0 Å². The Morgan fingerprint density at radius 3 is 1.58 bits per heavy atom. The summed E-state index contributed by atoms with van der Waals surface area (Å²) in [6.07, 6.45) is 1.38. The van der Waals surface area contributed by atoms with Gasteiger partial charge < -0.3 is 26.8 Å². The highest BCUT2D eigenvalue weighted by molar-refractivity contribution is 7.80.